The summed E-state index contributed by atoms with van der Waals surface area (Å²) < 4.78 is 10.5. The molecule has 0 aliphatic heterocycles. The molecule has 5 heteroatoms. The van der Waals surface area contributed by atoms with Crippen molar-refractivity contribution in [3.05, 3.63) is 30.4 Å². The fraction of sp³-hybridized carbons (Fsp3) is 0.474. The van der Waals surface area contributed by atoms with E-state index in [0.717, 1.165) is 12.8 Å². The van der Waals surface area contributed by atoms with Gasteiger partial charge in [-0.25, -0.2) is 0 Å². The lowest BCUT2D eigenvalue weighted by molar-refractivity contribution is -0.137. The first-order valence-corrected chi connectivity index (χ1v) is 8.39. The van der Waals surface area contributed by atoms with Gasteiger partial charge in [0.15, 0.2) is 11.5 Å². The van der Waals surface area contributed by atoms with E-state index < -0.39 is 11.9 Å². The predicted octanol–water partition coefficient (Wildman–Crippen LogP) is 4.31. The number of phenolic OH excluding ortho intramolecular Hbond substituents is 1. The normalized spacial score (nSPS) is 10.2. The first-order valence-electron chi connectivity index (χ1n) is 8.39. The zero-order valence-electron chi connectivity index (χ0n) is 14.5. The van der Waals surface area contributed by atoms with Crippen LogP contribution in [0.1, 0.15) is 57.9 Å². The van der Waals surface area contributed by atoms with Crippen LogP contribution in [0.15, 0.2) is 24.8 Å². The molecule has 0 heterocycles. The first kappa shape index (κ1) is 19.7. The molecule has 1 aromatic rings. The summed E-state index contributed by atoms with van der Waals surface area (Å²) in [5.74, 6) is -1.14. The van der Waals surface area contributed by atoms with E-state index in [4.69, 9.17) is 9.47 Å². The Bertz CT molecular complexity index is 577. The minimum Gasteiger partial charge on any atom is -0.504 e. The largest absolute Gasteiger partial charge is 0.504 e. The van der Waals surface area contributed by atoms with Gasteiger partial charge in [0.25, 0.3) is 0 Å². The number of aromatic hydroxyl groups is 1. The van der Waals surface area contributed by atoms with E-state index in [1.807, 2.05) is 13.8 Å². The summed E-state index contributed by atoms with van der Waals surface area (Å²) in [6.45, 7) is 7.59. The summed E-state index contributed by atoms with van der Waals surface area (Å²) in [6.07, 6.45) is 5.82. The quantitative estimate of drug-likeness (QED) is 0.392. The van der Waals surface area contributed by atoms with Crippen molar-refractivity contribution in [3.8, 4) is 17.2 Å². The Morgan fingerprint density at radius 3 is 2.21 bits per heavy atom. The Labute approximate surface area is 143 Å². The van der Waals surface area contributed by atoms with Crippen molar-refractivity contribution in [2.24, 2.45) is 0 Å². The van der Waals surface area contributed by atoms with Crippen molar-refractivity contribution < 1.29 is 24.2 Å². The molecule has 0 fully saturated rings. The maximum absolute atomic E-state index is 11.9. The predicted molar refractivity (Wildman–Crippen MR) is 92.3 cm³/mol. The van der Waals surface area contributed by atoms with E-state index >= 15 is 0 Å². The highest BCUT2D eigenvalue weighted by Crippen LogP contribution is 2.39. The lowest BCUT2D eigenvalue weighted by Gasteiger charge is -2.13. The Morgan fingerprint density at radius 2 is 1.67 bits per heavy atom. The van der Waals surface area contributed by atoms with Crippen LogP contribution in [0.2, 0.25) is 0 Å². The molecule has 0 spiro atoms. The van der Waals surface area contributed by atoms with Crippen molar-refractivity contribution in [2.45, 2.75) is 58.8 Å². The molecule has 0 saturated heterocycles. The van der Waals surface area contributed by atoms with Crippen LogP contribution in [0.4, 0.5) is 0 Å². The summed E-state index contributed by atoms with van der Waals surface area (Å²) >= 11 is 0. The summed E-state index contributed by atoms with van der Waals surface area (Å²) in [6, 6.07) is 3.07. The molecular weight excluding hydrogens is 308 g/mol. The Kier molecular flexibility index (Phi) is 8.61. The van der Waals surface area contributed by atoms with E-state index in [-0.39, 0.29) is 30.1 Å². The molecule has 0 aliphatic rings. The van der Waals surface area contributed by atoms with Gasteiger partial charge in [0.1, 0.15) is 0 Å². The lowest BCUT2D eigenvalue weighted by atomic mass is 10.1. The Morgan fingerprint density at radius 1 is 1.08 bits per heavy atom. The van der Waals surface area contributed by atoms with Crippen LogP contribution in [0.3, 0.4) is 0 Å². The molecule has 0 aliphatic carbocycles. The number of rotatable bonds is 10. The van der Waals surface area contributed by atoms with E-state index in [0.29, 0.717) is 24.8 Å². The minimum atomic E-state index is -0.463. The zero-order valence-corrected chi connectivity index (χ0v) is 14.5. The molecule has 5 nitrogen and oxygen atoms in total. The maximum Gasteiger partial charge on any atom is 0.311 e. The van der Waals surface area contributed by atoms with Crippen molar-refractivity contribution >= 4 is 11.9 Å². The van der Waals surface area contributed by atoms with Gasteiger partial charge in [0, 0.05) is 12.8 Å². The van der Waals surface area contributed by atoms with Gasteiger partial charge in [-0.05, 0) is 37.0 Å². The number of carbonyl (C=O) groups excluding carboxylic acids is 2. The van der Waals surface area contributed by atoms with Crippen LogP contribution in [-0.4, -0.2) is 17.0 Å². The highest BCUT2D eigenvalue weighted by Gasteiger charge is 2.19. The third-order valence-corrected chi connectivity index (χ3v) is 3.38. The number of allylic oxidation sites excluding steroid dienone is 1. The molecule has 0 radical (unpaired) electrons. The molecule has 0 unspecified atom stereocenters. The van der Waals surface area contributed by atoms with Crippen LogP contribution < -0.4 is 9.47 Å². The summed E-state index contributed by atoms with van der Waals surface area (Å²) in [7, 11) is 0. The average Bonchev–Trinajstić information content (AvgIpc) is 2.54. The molecule has 0 atom stereocenters. The number of phenols is 1. The van der Waals surface area contributed by atoms with Crippen LogP contribution in [0, 0.1) is 0 Å². The SMILES string of the molecule is C=CCc1cc(O)c(OC(=O)CCCC)c(OC(=O)CCCC)c1. The molecule has 1 aromatic carbocycles. The molecule has 0 saturated carbocycles. The first-order chi connectivity index (χ1) is 11.5. The van der Waals surface area contributed by atoms with Crippen molar-refractivity contribution in [1.82, 2.24) is 0 Å². The van der Waals surface area contributed by atoms with Crippen molar-refractivity contribution in [2.75, 3.05) is 0 Å². The highest BCUT2D eigenvalue weighted by atomic mass is 16.6. The lowest BCUT2D eigenvalue weighted by Crippen LogP contribution is -2.12. The monoisotopic (exact) mass is 334 g/mol. The second-order valence-electron chi connectivity index (χ2n) is 5.59. The van der Waals surface area contributed by atoms with Gasteiger partial charge < -0.3 is 14.6 Å². The van der Waals surface area contributed by atoms with E-state index in [1.54, 1.807) is 12.1 Å². The zero-order chi connectivity index (χ0) is 17.9. The molecule has 0 aromatic heterocycles. The smallest absolute Gasteiger partial charge is 0.311 e. The molecule has 0 amide bonds. The minimum absolute atomic E-state index is 0.0674. The fourth-order valence-corrected chi connectivity index (χ4v) is 2.09. The molecular formula is C19H26O5. The van der Waals surface area contributed by atoms with Gasteiger partial charge >= 0.3 is 11.9 Å². The van der Waals surface area contributed by atoms with Gasteiger partial charge in [-0.2, -0.15) is 0 Å². The average molecular weight is 334 g/mol. The standard InChI is InChI=1S/C19H26O5/c1-4-7-10-17(21)23-16-13-14(9-6-3)12-15(20)19(16)24-18(22)11-8-5-2/h6,12-13,20H,3-5,7-11H2,1-2H3. The van der Waals surface area contributed by atoms with Crippen LogP contribution in [-0.2, 0) is 16.0 Å². The van der Waals surface area contributed by atoms with Crippen LogP contribution in [0.5, 0.6) is 17.2 Å². The second-order valence-corrected chi connectivity index (χ2v) is 5.59. The number of benzene rings is 1. The maximum atomic E-state index is 11.9. The van der Waals surface area contributed by atoms with Crippen LogP contribution in [0.25, 0.3) is 0 Å². The van der Waals surface area contributed by atoms with Gasteiger partial charge in [0.2, 0.25) is 5.75 Å². The van der Waals surface area contributed by atoms with E-state index in [1.165, 1.54) is 6.07 Å². The fourth-order valence-electron chi connectivity index (χ4n) is 2.09. The summed E-state index contributed by atoms with van der Waals surface area (Å²) in [4.78, 5) is 23.8. The molecule has 1 rings (SSSR count). The number of hydrogen-bond donors (Lipinski definition) is 1. The topological polar surface area (TPSA) is 72.8 Å². The molecule has 1 N–H and O–H groups in total. The number of carbonyl (C=O) groups is 2. The molecule has 0 bridgehead atoms. The number of unbranched alkanes of at least 4 members (excludes halogenated alkanes) is 2. The highest BCUT2D eigenvalue weighted by molar-refractivity contribution is 5.77. The number of esters is 2. The molecule has 132 valence electrons. The van der Waals surface area contributed by atoms with Gasteiger partial charge in [-0.3, -0.25) is 9.59 Å². The van der Waals surface area contributed by atoms with Gasteiger partial charge in [-0.15, -0.1) is 6.58 Å². The van der Waals surface area contributed by atoms with Crippen LogP contribution >= 0.6 is 0 Å². The Balaban J connectivity index is 3.02. The number of hydrogen-bond acceptors (Lipinski definition) is 5. The van der Waals surface area contributed by atoms with E-state index in [2.05, 4.69) is 6.58 Å². The summed E-state index contributed by atoms with van der Waals surface area (Å²) in [5.41, 5.74) is 0.717. The summed E-state index contributed by atoms with van der Waals surface area (Å²) in [5, 5.41) is 10.2. The van der Waals surface area contributed by atoms with Crippen molar-refractivity contribution in [3.63, 3.8) is 0 Å². The third kappa shape index (κ3) is 6.44. The second kappa shape index (κ2) is 10.5. The third-order valence-electron chi connectivity index (χ3n) is 3.38. The van der Waals surface area contributed by atoms with E-state index in [9.17, 15) is 14.7 Å². The van der Waals surface area contributed by atoms with Gasteiger partial charge in [0.05, 0.1) is 0 Å². The molecule has 24 heavy (non-hydrogen) atoms. The Hall–Kier alpha value is -2.30. The van der Waals surface area contributed by atoms with Crippen molar-refractivity contribution in [1.29, 1.82) is 0 Å². The van der Waals surface area contributed by atoms with Gasteiger partial charge in [-0.1, -0.05) is 32.8 Å². The number of ether oxygens (including phenoxy) is 2.